The fraction of sp³-hybridized carbons (Fsp3) is 0.231. The van der Waals surface area contributed by atoms with E-state index in [1.54, 1.807) is 0 Å². The molecule has 4 aliphatic carbocycles. The van der Waals surface area contributed by atoms with Gasteiger partial charge in [0.15, 0.2) is 0 Å². The van der Waals surface area contributed by atoms with Crippen LogP contribution < -0.4 is 0 Å². The summed E-state index contributed by atoms with van der Waals surface area (Å²) < 4.78 is 0. The van der Waals surface area contributed by atoms with E-state index in [1.807, 2.05) is 38.1 Å². The van der Waals surface area contributed by atoms with E-state index in [4.69, 9.17) is 0 Å². The van der Waals surface area contributed by atoms with Gasteiger partial charge in [-0.3, -0.25) is 0 Å². The molecule has 0 amide bonds. The summed E-state index contributed by atoms with van der Waals surface area (Å²) >= 11 is 0. The maximum Gasteiger partial charge on any atom is 0.110 e. The molecule has 0 radical (unpaired) electrons. The molecule has 7 rings (SSSR count). The zero-order chi connectivity index (χ0) is 19.3. The lowest BCUT2D eigenvalue weighted by atomic mass is 9.51. The maximum absolute atomic E-state index is 11.9. The first-order valence-electron chi connectivity index (χ1n) is 9.91. The first-order chi connectivity index (χ1) is 13.4. The van der Waals surface area contributed by atoms with Crippen LogP contribution in [0, 0.1) is 0 Å². The third kappa shape index (κ3) is 1.71. The molecule has 3 aromatic rings. The lowest BCUT2D eigenvalue weighted by Gasteiger charge is -2.54. The van der Waals surface area contributed by atoms with Gasteiger partial charge in [-0.15, -0.1) is 0 Å². The number of benzene rings is 3. The van der Waals surface area contributed by atoms with Gasteiger partial charge in [0.1, 0.15) is 11.2 Å². The van der Waals surface area contributed by atoms with Crippen LogP contribution in [0.5, 0.6) is 0 Å². The number of hydrogen-bond acceptors (Lipinski definition) is 2. The summed E-state index contributed by atoms with van der Waals surface area (Å²) in [5, 5.41) is 23.7. The molecule has 2 heteroatoms. The SMILES string of the molecule is CC1(O)C2=C(C3c4ccccc4C2c2ccccc23)C(C)(O)c2ccccc21. The van der Waals surface area contributed by atoms with Crippen molar-refractivity contribution in [3.05, 3.63) is 117 Å². The standard InChI is InChI=1S/C26H22O2/c1-25(27)19-13-7-8-14-20(19)26(2,28)24-22-17-11-5-3-9-15(17)21(23(24)25)16-10-4-6-12-18(16)22/h3-14,21-22,27-28H,1-2H3. The van der Waals surface area contributed by atoms with E-state index in [9.17, 15) is 10.2 Å². The van der Waals surface area contributed by atoms with Crippen LogP contribution in [-0.2, 0) is 11.2 Å². The first-order valence-corrected chi connectivity index (χ1v) is 9.91. The van der Waals surface area contributed by atoms with Crippen LogP contribution in [0.1, 0.15) is 59.1 Å². The quantitative estimate of drug-likeness (QED) is 0.566. The van der Waals surface area contributed by atoms with E-state index in [2.05, 4.69) is 48.5 Å². The van der Waals surface area contributed by atoms with Crippen molar-refractivity contribution < 1.29 is 10.2 Å². The smallest absolute Gasteiger partial charge is 0.110 e. The third-order valence-corrected chi connectivity index (χ3v) is 7.13. The van der Waals surface area contributed by atoms with Gasteiger partial charge in [0.05, 0.1) is 0 Å². The predicted molar refractivity (Wildman–Crippen MR) is 109 cm³/mol. The van der Waals surface area contributed by atoms with Gasteiger partial charge < -0.3 is 10.2 Å². The summed E-state index contributed by atoms with van der Waals surface area (Å²) in [5.41, 5.74) is 6.28. The summed E-state index contributed by atoms with van der Waals surface area (Å²) in [7, 11) is 0. The highest BCUT2D eigenvalue weighted by Gasteiger charge is 2.56. The second kappa shape index (κ2) is 5.02. The Bertz CT molecular complexity index is 1040. The fourth-order valence-corrected chi connectivity index (χ4v) is 6.05. The van der Waals surface area contributed by atoms with E-state index in [1.165, 1.54) is 22.3 Å². The number of hydrogen-bond donors (Lipinski definition) is 2. The van der Waals surface area contributed by atoms with E-state index < -0.39 is 11.2 Å². The van der Waals surface area contributed by atoms with E-state index in [0.29, 0.717) is 0 Å². The molecule has 28 heavy (non-hydrogen) atoms. The topological polar surface area (TPSA) is 40.5 Å². The van der Waals surface area contributed by atoms with Crippen molar-refractivity contribution in [2.45, 2.75) is 36.9 Å². The highest BCUT2D eigenvalue weighted by molar-refractivity contribution is 5.71. The molecule has 0 aliphatic heterocycles. The number of rotatable bonds is 0. The zero-order valence-corrected chi connectivity index (χ0v) is 16.0. The largest absolute Gasteiger partial charge is 0.381 e. The minimum absolute atomic E-state index is 0.0396. The molecule has 138 valence electrons. The Morgan fingerprint density at radius 2 is 0.821 bits per heavy atom. The van der Waals surface area contributed by atoms with E-state index >= 15 is 0 Å². The zero-order valence-electron chi connectivity index (χ0n) is 16.0. The Balaban J connectivity index is 1.77. The number of fused-ring (bicyclic) bond motifs is 1. The molecule has 0 fully saturated rings. The van der Waals surface area contributed by atoms with Crippen LogP contribution in [0.25, 0.3) is 0 Å². The average molecular weight is 366 g/mol. The third-order valence-electron chi connectivity index (χ3n) is 7.13. The Kier molecular flexibility index (Phi) is 2.92. The van der Waals surface area contributed by atoms with Gasteiger partial charge in [-0.25, -0.2) is 0 Å². The van der Waals surface area contributed by atoms with Crippen molar-refractivity contribution >= 4 is 0 Å². The van der Waals surface area contributed by atoms with Crippen molar-refractivity contribution in [1.82, 2.24) is 0 Å². The Labute approximate surface area is 164 Å². The molecule has 0 saturated heterocycles. The second-order valence-corrected chi connectivity index (χ2v) is 8.64. The summed E-state index contributed by atoms with van der Waals surface area (Å²) in [5.74, 6) is -0.0792. The lowest BCUT2D eigenvalue weighted by Crippen LogP contribution is -2.48. The fourth-order valence-electron chi connectivity index (χ4n) is 6.05. The molecule has 3 aromatic carbocycles. The molecule has 2 N–H and O–H groups in total. The molecule has 0 aromatic heterocycles. The summed E-state index contributed by atoms with van der Waals surface area (Å²) in [6.45, 7) is 3.78. The Hall–Kier alpha value is -2.68. The van der Waals surface area contributed by atoms with E-state index in [-0.39, 0.29) is 11.8 Å². The van der Waals surface area contributed by atoms with Gasteiger partial charge in [-0.1, -0.05) is 72.8 Å². The average Bonchev–Trinajstić information content (AvgIpc) is 2.72. The van der Waals surface area contributed by atoms with Crippen LogP contribution in [0.15, 0.2) is 83.9 Å². The van der Waals surface area contributed by atoms with E-state index in [0.717, 1.165) is 22.3 Å². The van der Waals surface area contributed by atoms with Crippen molar-refractivity contribution in [2.24, 2.45) is 0 Å². The Morgan fingerprint density at radius 3 is 1.14 bits per heavy atom. The molecule has 2 bridgehead atoms. The number of aliphatic hydroxyl groups is 2. The molecule has 4 aliphatic rings. The van der Waals surface area contributed by atoms with Crippen LogP contribution in [0.4, 0.5) is 0 Å². The van der Waals surface area contributed by atoms with Crippen LogP contribution in [0.3, 0.4) is 0 Å². The van der Waals surface area contributed by atoms with Gasteiger partial charge in [-0.05, 0) is 58.4 Å². The van der Waals surface area contributed by atoms with Gasteiger partial charge in [0.2, 0.25) is 0 Å². The molecular formula is C26H22O2. The molecular weight excluding hydrogens is 344 g/mol. The van der Waals surface area contributed by atoms with Gasteiger partial charge in [0, 0.05) is 11.8 Å². The van der Waals surface area contributed by atoms with Gasteiger partial charge >= 0.3 is 0 Å². The summed E-state index contributed by atoms with van der Waals surface area (Å²) in [6.07, 6.45) is 0. The normalized spacial score (nSPS) is 31.7. The van der Waals surface area contributed by atoms with Crippen molar-refractivity contribution in [1.29, 1.82) is 0 Å². The molecule has 0 heterocycles. The monoisotopic (exact) mass is 366 g/mol. The van der Waals surface area contributed by atoms with Crippen LogP contribution in [-0.4, -0.2) is 10.2 Å². The van der Waals surface area contributed by atoms with Crippen LogP contribution >= 0.6 is 0 Å². The molecule has 0 spiro atoms. The summed E-state index contributed by atoms with van der Waals surface area (Å²) in [6, 6.07) is 24.8. The van der Waals surface area contributed by atoms with Crippen molar-refractivity contribution in [3.63, 3.8) is 0 Å². The van der Waals surface area contributed by atoms with Crippen LogP contribution in [0.2, 0.25) is 0 Å². The predicted octanol–water partition coefficient (Wildman–Crippen LogP) is 4.70. The van der Waals surface area contributed by atoms with Gasteiger partial charge in [0.25, 0.3) is 0 Å². The highest BCUT2D eigenvalue weighted by Crippen LogP contribution is 2.65. The minimum Gasteiger partial charge on any atom is -0.381 e. The molecule has 0 saturated carbocycles. The minimum atomic E-state index is -1.13. The first kappa shape index (κ1) is 16.3. The summed E-state index contributed by atoms with van der Waals surface area (Å²) in [4.78, 5) is 0. The lowest BCUT2D eigenvalue weighted by molar-refractivity contribution is 0.0364. The second-order valence-electron chi connectivity index (χ2n) is 8.64. The highest BCUT2D eigenvalue weighted by atomic mass is 16.3. The molecule has 2 unspecified atom stereocenters. The van der Waals surface area contributed by atoms with Crippen molar-refractivity contribution in [3.8, 4) is 0 Å². The van der Waals surface area contributed by atoms with Crippen molar-refractivity contribution in [2.75, 3.05) is 0 Å². The maximum atomic E-state index is 11.9. The molecule has 2 nitrogen and oxygen atoms in total. The molecule has 2 atom stereocenters. The van der Waals surface area contributed by atoms with Gasteiger partial charge in [-0.2, -0.15) is 0 Å². The Morgan fingerprint density at radius 1 is 0.536 bits per heavy atom.